The van der Waals surface area contributed by atoms with E-state index < -0.39 is 6.10 Å². The van der Waals surface area contributed by atoms with Gasteiger partial charge in [0.15, 0.2) is 0 Å². The molecule has 0 bridgehead atoms. The molecule has 90 valence electrons. The lowest BCUT2D eigenvalue weighted by atomic mass is 10.2. The summed E-state index contributed by atoms with van der Waals surface area (Å²) < 4.78 is 10.3. The molecule has 16 heavy (non-hydrogen) atoms. The van der Waals surface area contributed by atoms with Crippen molar-refractivity contribution < 1.29 is 14.6 Å². The highest BCUT2D eigenvalue weighted by atomic mass is 16.5. The molecule has 0 amide bonds. The van der Waals surface area contributed by atoms with Crippen molar-refractivity contribution in [2.75, 3.05) is 32.2 Å². The monoisotopic (exact) mass is 225 g/mol. The summed E-state index contributed by atoms with van der Waals surface area (Å²) in [7, 11) is 1.62. The Bertz CT molecular complexity index is 304. The number of benzene rings is 1. The van der Waals surface area contributed by atoms with Crippen LogP contribution in [0.15, 0.2) is 24.3 Å². The second-order valence-electron chi connectivity index (χ2n) is 3.39. The molecule has 0 saturated carbocycles. The fraction of sp³-hybridized carbons (Fsp3) is 0.500. The number of rotatable bonds is 7. The Hall–Kier alpha value is -1.26. The number of anilines is 1. The van der Waals surface area contributed by atoms with Crippen molar-refractivity contribution in [1.82, 2.24) is 0 Å². The number of aliphatic hydroxyl groups is 1. The van der Waals surface area contributed by atoms with E-state index in [2.05, 4.69) is 5.32 Å². The van der Waals surface area contributed by atoms with E-state index in [1.807, 2.05) is 31.2 Å². The average molecular weight is 225 g/mol. The van der Waals surface area contributed by atoms with Gasteiger partial charge >= 0.3 is 0 Å². The summed E-state index contributed by atoms with van der Waals surface area (Å²) in [4.78, 5) is 0. The van der Waals surface area contributed by atoms with E-state index in [4.69, 9.17) is 9.47 Å². The van der Waals surface area contributed by atoms with Gasteiger partial charge in [-0.05, 0) is 19.1 Å². The summed E-state index contributed by atoms with van der Waals surface area (Å²) in [5.41, 5.74) is 0.876. The Morgan fingerprint density at radius 3 is 2.81 bits per heavy atom. The van der Waals surface area contributed by atoms with Crippen LogP contribution in [-0.2, 0) is 4.74 Å². The second-order valence-corrected chi connectivity index (χ2v) is 3.39. The highest BCUT2D eigenvalue weighted by Gasteiger charge is 2.05. The van der Waals surface area contributed by atoms with Crippen LogP contribution in [0.1, 0.15) is 6.92 Å². The number of aliphatic hydroxyl groups excluding tert-OH is 1. The third kappa shape index (κ3) is 4.08. The average Bonchev–Trinajstić information content (AvgIpc) is 2.34. The normalized spacial score (nSPS) is 12.2. The van der Waals surface area contributed by atoms with Crippen LogP contribution in [0.2, 0.25) is 0 Å². The van der Waals surface area contributed by atoms with Gasteiger partial charge in [-0.2, -0.15) is 0 Å². The molecule has 0 spiro atoms. The topological polar surface area (TPSA) is 50.7 Å². The van der Waals surface area contributed by atoms with Crippen molar-refractivity contribution in [1.29, 1.82) is 0 Å². The number of hydrogen-bond acceptors (Lipinski definition) is 4. The molecule has 0 saturated heterocycles. The Labute approximate surface area is 96.2 Å². The molecule has 1 unspecified atom stereocenters. The molecule has 0 aliphatic heterocycles. The zero-order valence-electron chi connectivity index (χ0n) is 9.77. The molecule has 4 heteroatoms. The summed E-state index contributed by atoms with van der Waals surface area (Å²) in [6.07, 6.45) is -0.509. The third-order valence-corrected chi connectivity index (χ3v) is 2.15. The summed E-state index contributed by atoms with van der Waals surface area (Å²) in [5.74, 6) is 0.770. The molecule has 4 nitrogen and oxygen atoms in total. The lowest BCUT2D eigenvalue weighted by Crippen LogP contribution is -2.24. The highest BCUT2D eigenvalue weighted by Crippen LogP contribution is 2.22. The van der Waals surface area contributed by atoms with Gasteiger partial charge in [-0.1, -0.05) is 12.1 Å². The highest BCUT2D eigenvalue weighted by molar-refractivity contribution is 5.56. The maximum Gasteiger partial charge on any atom is 0.141 e. The zero-order chi connectivity index (χ0) is 11.8. The van der Waals surface area contributed by atoms with Crippen LogP contribution >= 0.6 is 0 Å². The second kappa shape index (κ2) is 7.09. The van der Waals surface area contributed by atoms with E-state index in [0.29, 0.717) is 19.8 Å². The van der Waals surface area contributed by atoms with Gasteiger partial charge in [0.25, 0.3) is 0 Å². The molecular formula is C12H19NO3. The SMILES string of the molecule is CCOCC(O)CNc1ccccc1OC. The van der Waals surface area contributed by atoms with E-state index in [1.165, 1.54) is 0 Å². The summed E-state index contributed by atoms with van der Waals surface area (Å²) >= 11 is 0. The first-order valence-electron chi connectivity index (χ1n) is 5.40. The first-order valence-corrected chi connectivity index (χ1v) is 5.40. The maximum absolute atomic E-state index is 9.58. The molecule has 2 N–H and O–H groups in total. The molecule has 1 atom stereocenters. The van der Waals surface area contributed by atoms with Gasteiger partial charge in [0.05, 0.1) is 25.5 Å². The number of ether oxygens (including phenoxy) is 2. The van der Waals surface area contributed by atoms with Crippen LogP contribution < -0.4 is 10.1 Å². The van der Waals surface area contributed by atoms with E-state index >= 15 is 0 Å². The van der Waals surface area contributed by atoms with Crippen LogP contribution in [0.5, 0.6) is 5.75 Å². The van der Waals surface area contributed by atoms with Crippen molar-refractivity contribution >= 4 is 5.69 Å². The summed E-state index contributed by atoms with van der Waals surface area (Å²) in [6, 6.07) is 7.60. The zero-order valence-corrected chi connectivity index (χ0v) is 9.77. The Morgan fingerprint density at radius 2 is 2.12 bits per heavy atom. The minimum Gasteiger partial charge on any atom is -0.495 e. The number of methoxy groups -OCH3 is 1. The molecule has 0 fully saturated rings. The first-order chi connectivity index (χ1) is 7.77. The molecular weight excluding hydrogens is 206 g/mol. The molecule has 0 aliphatic rings. The van der Waals surface area contributed by atoms with Crippen molar-refractivity contribution in [3.8, 4) is 5.75 Å². The number of hydrogen-bond donors (Lipinski definition) is 2. The van der Waals surface area contributed by atoms with Crippen LogP contribution in [0.4, 0.5) is 5.69 Å². The van der Waals surface area contributed by atoms with Gasteiger partial charge in [-0.25, -0.2) is 0 Å². The minimum absolute atomic E-state index is 0.346. The van der Waals surface area contributed by atoms with E-state index in [0.717, 1.165) is 11.4 Å². The molecule has 0 aliphatic carbocycles. The molecule has 0 radical (unpaired) electrons. The predicted molar refractivity (Wildman–Crippen MR) is 64.0 cm³/mol. The van der Waals surface area contributed by atoms with Gasteiger partial charge in [0.1, 0.15) is 5.75 Å². The maximum atomic E-state index is 9.58. The predicted octanol–water partition coefficient (Wildman–Crippen LogP) is 1.50. The van der Waals surface area contributed by atoms with Crippen LogP contribution in [0.25, 0.3) is 0 Å². The van der Waals surface area contributed by atoms with Crippen LogP contribution in [0, 0.1) is 0 Å². The molecule has 0 heterocycles. The molecule has 1 aromatic carbocycles. The van der Waals surface area contributed by atoms with Crippen molar-refractivity contribution in [3.05, 3.63) is 24.3 Å². The standard InChI is InChI=1S/C12H19NO3/c1-3-16-9-10(14)8-13-11-6-4-5-7-12(11)15-2/h4-7,10,13-14H,3,8-9H2,1-2H3. The molecule has 0 aromatic heterocycles. The lowest BCUT2D eigenvalue weighted by molar-refractivity contribution is 0.0495. The third-order valence-electron chi connectivity index (χ3n) is 2.15. The Morgan fingerprint density at radius 1 is 1.38 bits per heavy atom. The Kier molecular flexibility index (Phi) is 5.67. The number of nitrogens with one attached hydrogen (secondary N) is 1. The first kappa shape index (κ1) is 12.8. The molecule has 1 aromatic rings. The van der Waals surface area contributed by atoms with Gasteiger partial charge in [-0.15, -0.1) is 0 Å². The minimum atomic E-state index is -0.509. The van der Waals surface area contributed by atoms with Crippen molar-refractivity contribution in [3.63, 3.8) is 0 Å². The van der Waals surface area contributed by atoms with Gasteiger partial charge in [-0.3, -0.25) is 0 Å². The van der Waals surface area contributed by atoms with E-state index in [-0.39, 0.29) is 0 Å². The quantitative estimate of drug-likeness (QED) is 0.738. The summed E-state index contributed by atoms with van der Waals surface area (Å²) in [5, 5.41) is 12.7. The van der Waals surface area contributed by atoms with Gasteiger partial charge < -0.3 is 19.9 Å². The van der Waals surface area contributed by atoms with Crippen molar-refractivity contribution in [2.24, 2.45) is 0 Å². The van der Waals surface area contributed by atoms with E-state index in [9.17, 15) is 5.11 Å². The van der Waals surface area contributed by atoms with Crippen LogP contribution in [-0.4, -0.2) is 38.1 Å². The fourth-order valence-corrected chi connectivity index (χ4v) is 1.33. The van der Waals surface area contributed by atoms with Gasteiger partial charge in [0.2, 0.25) is 0 Å². The fourth-order valence-electron chi connectivity index (χ4n) is 1.33. The lowest BCUT2D eigenvalue weighted by Gasteiger charge is -2.14. The van der Waals surface area contributed by atoms with Gasteiger partial charge in [0, 0.05) is 13.2 Å². The smallest absolute Gasteiger partial charge is 0.141 e. The molecule has 1 rings (SSSR count). The largest absolute Gasteiger partial charge is 0.495 e. The van der Waals surface area contributed by atoms with E-state index in [1.54, 1.807) is 7.11 Å². The number of para-hydroxylation sites is 2. The van der Waals surface area contributed by atoms with Crippen LogP contribution in [0.3, 0.4) is 0 Å². The Balaban J connectivity index is 2.41. The summed E-state index contributed by atoms with van der Waals surface area (Å²) in [6.45, 7) is 3.31. The van der Waals surface area contributed by atoms with Crippen molar-refractivity contribution in [2.45, 2.75) is 13.0 Å².